The Morgan fingerprint density at radius 2 is 1.77 bits per heavy atom. The number of amides is 1. The number of nitrogens with zero attached hydrogens (tertiary/aromatic N) is 6. The molecule has 1 saturated heterocycles. The van der Waals surface area contributed by atoms with Crippen LogP contribution >= 0.6 is 11.3 Å². The average Bonchev–Trinajstić information content (AvgIpc) is 3.82. The van der Waals surface area contributed by atoms with Gasteiger partial charge in [-0.25, -0.2) is 14.8 Å². The lowest BCUT2D eigenvalue weighted by Crippen LogP contribution is -2.65. The standard InChI is InChI=1S/C45H51N7O4S/c1-43(2,3)56-41(54)39-33(32-24-46-52(25-32)28-44-20-29-19-30(21-44)23-45(22-29,27-44)51-15-17-55-18-16-51)11-12-38(48-39)50-14-13-31-7-6-8-34(35(31)26-50)40(53)49-42-47-36-9-4-5-10-37(36)57-42/h4-12,24-25,29-30H,13-23,26-28H2,1-3H3,(H,47,49,53). The summed E-state index contributed by atoms with van der Waals surface area (Å²) < 4.78 is 14.9. The summed E-state index contributed by atoms with van der Waals surface area (Å²) in [5.41, 5.74) is 5.24. The zero-order valence-corrected chi connectivity index (χ0v) is 33.9. The first-order valence-corrected chi connectivity index (χ1v) is 21.4. The normalized spacial score (nSPS) is 25.8. The lowest BCUT2D eigenvalue weighted by molar-refractivity contribution is -0.155. The molecule has 4 saturated carbocycles. The number of carbonyl (C=O) groups excluding carboxylic acids is 2. The van der Waals surface area contributed by atoms with Crippen LogP contribution in [0.5, 0.6) is 0 Å². The number of hydrogen-bond acceptors (Lipinski definition) is 10. The van der Waals surface area contributed by atoms with E-state index in [0.29, 0.717) is 40.7 Å². The quantitative estimate of drug-likeness (QED) is 0.156. The SMILES string of the molecule is CC(C)(C)OC(=O)c1nc(N2CCc3cccc(C(=O)Nc4nc5ccccc5s4)c3C2)ccc1-c1cnn(CC23CC4CC(C2)CC(N2CCOCC2)(C4)C3)c1. The van der Waals surface area contributed by atoms with E-state index in [-0.39, 0.29) is 17.0 Å². The number of ether oxygens (including phenoxy) is 2. The number of esters is 1. The lowest BCUT2D eigenvalue weighted by atomic mass is 9.46. The number of thiazole rings is 1. The number of carbonyl (C=O) groups is 2. The second kappa shape index (κ2) is 14.0. The molecule has 6 aliphatic rings. The highest BCUT2D eigenvalue weighted by Gasteiger charge is 2.59. The van der Waals surface area contributed by atoms with Crippen LogP contribution in [0.3, 0.4) is 0 Å². The topological polar surface area (TPSA) is 115 Å². The molecule has 0 spiro atoms. The Labute approximate surface area is 337 Å². The van der Waals surface area contributed by atoms with E-state index in [9.17, 15) is 9.59 Å². The van der Waals surface area contributed by atoms with Crippen molar-refractivity contribution in [2.75, 3.05) is 43.1 Å². The summed E-state index contributed by atoms with van der Waals surface area (Å²) in [6.07, 6.45) is 12.5. The first-order chi connectivity index (χ1) is 27.5. The maximum atomic E-state index is 14.0. The Hall–Kier alpha value is -4.65. The number of pyridine rings is 1. The van der Waals surface area contributed by atoms with Crippen molar-refractivity contribution in [1.29, 1.82) is 0 Å². The van der Waals surface area contributed by atoms with Gasteiger partial charge in [0.05, 0.1) is 29.6 Å². The zero-order valence-electron chi connectivity index (χ0n) is 33.1. The summed E-state index contributed by atoms with van der Waals surface area (Å²) in [6.45, 7) is 11.5. The fourth-order valence-corrected chi connectivity index (χ4v) is 12.2. The summed E-state index contributed by atoms with van der Waals surface area (Å²) in [5, 5.41) is 8.55. The lowest BCUT2D eigenvalue weighted by Gasteiger charge is -2.65. The largest absolute Gasteiger partial charge is 0.455 e. The fourth-order valence-electron chi connectivity index (χ4n) is 11.3. The van der Waals surface area contributed by atoms with E-state index >= 15 is 0 Å². The van der Waals surface area contributed by atoms with Gasteiger partial charge in [0.15, 0.2) is 10.8 Å². The molecule has 296 valence electrons. The van der Waals surface area contributed by atoms with Gasteiger partial charge in [0.1, 0.15) is 11.4 Å². The smallest absolute Gasteiger partial charge is 0.358 e. The number of aromatic nitrogens is 4. The number of anilines is 2. The van der Waals surface area contributed by atoms with Crippen LogP contribution in [0.4, 0.5) is 10.9 Å². The van der Waals surface area contributed by atoms with Gasteiger partial charge in [-0.3, -0.25) is 19.7 Å². The molecule has 5 heterocycles. The molecule has 12 heteroatoms. The number of nitrogens with one attached hydrogen (secondary N) is 1. The van der Waals surface area contributed by atoms with Gasteiger partial charge in [0.2, 0.25) is 0 Å². The van der Waals surface area contributed by atoms with Gasteiger partial charge in [0.25, 0.3) is 5.91 Å². The van der Waals surface area contributed by atoms with Crippen LogP contribution in [0.15, 0.2) is 67.0 Å². The predicted octanol–water partition coefficient (Wildman–Crippen LogP) is 8.00. The molecule has 5 aromatic rings. The average molecular weight is 786 g/mol. The van der Waals surface area contributed by atoms with Gasteiger partial charge in [-0.05, 0) is 124 Å². The van der Waals surface area contributed by atoms with Crippen molar-refractivity contribution in [3.05, 3.63) is 89.4 Å². The van der Waals surface area contributed by atoms with Crippen molar-refractivity contribution in [2.24, 2.45) is 17.3 Å². The van der Waals surface area contributed by atoms with Gasteiger partial charge < -0.3 is 14.4 Å². The molecule has 2 aliphatic heterocycles. The fraction of sp³-hybridized carbons (Fsp3) is 0.489. The number of hydrogen-bond donors (Lipinski definition) is 1. The molecular formula is C45H51N7O4S. The minimum atomic E-state index is -0.694. The molecular weight excluding hydrogens is 735 g/mol. The molecule has 2 unspecified atom stereocenters. The number of morpholine rings is 1. The molecule has 0 radical (unpaired) electrons. The third-order valence-electron chi connectivity index (χ3n) is 13.1. The van der Waals surface area contributed by atoms with E-state index in [2.05, 4.69) is 37.0 Å². The van der Waals surface area contributed by atoms with Crippen molar-refractivity contribution in [3.8, 4) is 11.1 Å². The molecule has 5 fully saturated rings. The molecule has 2 aromatic carbocycles. The molecule has 1 N–H and O–H groups in total. The van der Waals surface area contributed by atoms with E-state index in [1.807, 2.05) is 75.5 Å². The van der Waals surface area contributed by atoms with Crippen LogP contribution < -0.4 is 10.2 Å². The Morgan fingerprint density at radius 3 is 2.56 bits per heavy atom. The van der Waals surface area contributed by atoms with Gasteiger partial charge >= 0.3 is 5.97 Å². The van der Waals surface area contributed by atoms with E-state index in [1.54, 1.807) is 0 Å². The molecule has 3 aromatic heterocycles. The first-order valence-electron chi connectivity index (χ1n) is 20.6. The molecule has 11 nitrogen and oxygen atoms in total. The summed E-state index contributed by atoms with van der Waals surface area (Å²) in [7, 11) is 0. The highest BCUT2D eigenvalue weighted by Crippen LogP contribution is 2.64. The molecule has 57 heavy (non-hydrogen) atoms. The highest BCUT2D eigenvalue weighted by atomic mass is 32.1. The van der Waals surface area contributed by atoms with E-state index < -0.39 is 11.6 Å². The third-order valence-corrected chi connectivity index (χ3v) is 14.1. The van der Waals surface area contributed by atoms with Crippen LogP contribution in [0, 0.1) is 17.3 Å². The van der Waals surface area contributed by atoms with Crippen LogP contribution in [0.1, 0.15) is 91.3 Å². The van der Waals surface area contributed by atoms with Crippen molar-refractivity contribution >= 4 is 44.4 Å². The number of fused-ring (bicyclic) bond motifs is 2. The summed E-state index contributed by atoms with van der Waals surface area (Å²) in [4.78, 5) is 42.3. The third kappa shape index (κ3) is 7.03. The minimum Gasteiger partial charge on any atom is -0.455 e. The molecule has 2 atom stereocenters. The van der Waals surface area contributed by atoms with Crippen molar-refractivity contribution < 1.29 is 19.1 Å². The second-order valence-electron chi connectivity index (χ2n) is 18.3. The molecule has 4 aliphatic carbocycles. The molecule has 1 amide bonds. The summed E-state index contributed by atoms with van der Waals surface area (Å²) in [5.74, 6) is 1.58. The van der Waals surface area contributed by atoms with Gasteiger partial charge in [-0.2, -0.15) is 5.10 Å². The number of rotatable bonds is 8. The van der Waals surface area contributed by atoms with Gasteiger partial charge in [-0.15, -0.1) is 0 Å². The number of para-hydroxylation sites is 1. The van der Waals surface area contributed by atoms with Crippen LogP contribution in [0.2, 0.25) is 0 Å². The maximum Gasteiger partial charge on any atom is 0.358 e. The Bertz CT molecular complexity index is 2310. The number of benzene rings is 2. The van der Waals surface area contributed by atoms with E-state index in [0.717, 1.165) is 78.0 Å². The van der Waals surface area contributed by atoms with Crippen molar-refractivity contribution in [3.63, 3.8) is 0 Å². The summed E-state index contributed by atoms with van der Waals surface area (Å²) >= 11 is 1.46. The zero-order chi connectivity index (χ0) is 38.9. The summed E-state index contributed by atoms with van der Waals surface area (Å²) in [6, 6.07) is 17.8. The first kappa shape index (κ1) is 36.7. The van der Waals surface area contributed by atoms with Gasteiger partial charge in [0, 0.05) is 61.1 Å². The van der Waals surface area contributed by atoms with E-state index in [4.69, 9.17) is 19.6 Å². The molecule has 11 rings (SSSR count). The van der Waals surface area contributed by atoms with Crippen molar-refractivity contribution in [2.45, 2.75) is 89.9 Å². The Kier molecular flexibility index (Phi) is 9.02. The van der Waals surface area contributed by atoms with Crippen LogP contribution in [-0.4, -0.2) is 80.5 Å². The Morgan fingerprint density at radius 1 is 0.965 bits per heavy atom. The highest BCUT2D eigenvalue weighted by molar-refractivity contribution is 7.22. The van der Waals surface area contributed by atoms with Crippen LogP contribution in [0.25, 0.3) is 21.3 Å². The van der Waals surface area contributed by atoms with Crippen molar-refractivity contribution in [1.82, 2.24) is 24.6 Å². The Balaban J connectivity index is 0.915. The minimum absolute atomic E-state index is 0.188. The predicted molar refractivity (Wildman–Crippen MR) is 222 cm³/mol. The maximum absolute atomic E-state index is 14.0. The van der Waals surface area contributed by atoms with Gasteiger partial charge in [-0.1, -0.05) is 35.6 Å². The molecule has 4 bridgehead atoms. The van der Waals surface area contributed by atoms with E-state index in [1.165, 1.54) is 49.9 Å². The monoisotopic (exact) mass is 785 g/mol. The second-order valence-corrected chi connectivity index (χ2v) is 19.4. The van der Waals surface area contributed by atoms with Crippen LogP contribution in [-0.2, 0) is 29.0 Å².